The van der Waals surface area contributed by atoms with Gasteiger partial charge >= 0.3 is 10.0 Å². The average molecular weight is 204 g/mol. The Morgan fingerprint density at radius 1 is 1.46 bits per heavy atom. The van der Waals surface area contributed by atoms with E-state index in [1.54, 1.807) is 7.11 Å². The molecule has 0 N–H and O–H groups in total. The van der Waals surface area contributed by atoms with E-state index >= 15 is 0 Å². The summed E-state index contributed by atoms with van der Waals surface area (Å²) >= 11 is 0. The quantitative estimate of drug-likeness (QED) is 0.613. The van der Waals surface area contributed by atoms with Crippen molar-refractivity contribution in [1.29, 1.82) is 0 Å². The van der Waals surface area contributed by atoms with Gasteiger partial charge in [0.05, 0.1) is 5.41 Å². The van der Waals surface area contributed by atoms with Crippen LogP contribution in [0.25, 0.3) is 0 Å². The second-order valence-corrected chi connectivity index (χ2v) is 4.93. The van der Waals surface area contributed by atoms with E-state index in [2.05, 4.69) is 6.92 Å². The van der Waals surface area contributed by atoms with Crippen molar-refractivity contribution in [3.63, 3.8) is 0 Å². The molecule has 0 atom stereocenters. The molecule has 3 nitrogen and oxygen atoms in total. The first-order valence-electron chi connectivity index (χ1n) is 4.70. The summed E-state index contributed by atoms with van der Waals surface area (Å²) in [6, 6.07) is 0. The highest BCUT2D eigenvalue weighted by molar-refractivity contribution is 6.22. The van der Waals surface area contributed by atoms with Crippen LogP contribution in [0.4, 0.5) is 0 Å². The zero-order valence-corrected chi connectivity index (χ0v) is 10.5. The molecule has 0 bridgehead atoms. The Labute approximate surface area is 82.9 Å². The molecule has 0 unspecified atom stereocenters. The highest BCUT2D eigenvalue weighted by atomic mass is 28.3. The summed E-state index contributed by atoms with van der Waals surface area (Å²) in [5.41, 5.74) is -0.346. The number of hydrogen-bond acceptors (Lipinski definition) is 3. The number of rotatable bonds is 6. The van der Waals surface area contributed by atoms with E-state index in [0.29, 0.717) is 0 Å². The SMILES string of the molecule is CCCCC(C)(C)C(=O)O[SiH2]OC. The summed E-state index contributed by atoms with van der Waals surface area (Å²) in [6.45, 7) is 5.97. The van der Waals surface area contributed by atoms with Gasteiger partial charge in [0.25, 0.3) is 5.97 Å². The van der Waals surface area contributed by atoms with Gasteiger partial charge in [-0.3, -0.25) is 4.79 Å². The van der Waals surface area contributed by atoms with Crippen molar-refractivity contribution in [2.75, 3.05) is 7.11 Å². The molecule has 13 heavy (non-hydrogen) atoms. The fourth-order valence-electron chi connectivity index (χ4n) is 1.03. The third kappa shape index (κ3) is 5.05. The Balaban J connectivity index is 3.87. The first kappa shape index (κ1) is 12.6. The molecule has 0 aliphatic rings. The number of carbonyl (C=O) groups is 1. The first-order chi connectivity index (χ1) is 6.04. The highest BCUT2D eigenvalue weighted by Gasteiger charge is 2.27. The molecule has 78 valence electrons. The molecule has 0 saturated heterocycles. The fourth-order valence-corrected chi connectivity index (χ4v) is 1.64. The van der Waals surface area contributed by atoms with Crippen molar-refractivity contribution in [1.82, 2.24) is 0 Å². The number of hydrogen-bond donors (Lipinski definition) is 0. The lowest BCUT2D eigenvalue weighted by Crippen LogP contribution is -2.28. The topological polar surface area (TPSA) is 35.5 Å². The van der Waals surface area contributed by atoms with Gasteiger partial charge in [-0.05, 0) is 20.3 Å². The molecule has 0 saturated carbocycles. The standard InChI is InChI=1S/C9H20O3Si/c1-5-6-7-9(2,3)8(10)12-13-11-4/h5-7,13H2,1-4H3. The predicted octanol–water partition coefficient (Wildman–Crippen LogP) is 1.39. The Morgan fingerprint density at radius 2 is 2.08 bits per heavy atom. The maximum absolute atomic E-state index is 11.5. The van der Waals surface area contributed by atoms with Crippen LogP contribution in [0.5, 0.6) is 0 Å². The normalized spacial score (nSPS) is 12.3. The Kier molecular flexibility index (Phi) is 5.99. The maximum atomic E-state index is 11.5. The molecule has 0 amide bonds. The summed E-state index contributed by atoms with van der Waals surface area (Å²) in [5.74, 6) is -0.116. The molecule has 4 heteroatoms. The summed E-state index contributed by atoms with van der Waals surface area (Å²) in [6.07, 6.45) is 3.06. The monoisotopic (exact) mass is 204 g/mol. The molecule has 0 aromatic heterocycles. The van der Waals surface area contributed by atoms with Gasteiger partial charge < -0.3 is 8.85 Å². The van der Waals surface area contributed by atoms with Gasteiger partial charge in [0.2, 0.25) is 0 Å². The molecule has 0 radical (unpaired) electrons. The van der Waals surface area contributed by atoms with Gasteiger partial charge in [0.15, 0.2) is 0 Å². The number of carbonyl (C=O) groups excluding carboxylic acids is 1. The average Bonchev–Trinajstić information content (AvgIpc) is 2.10. The lowest BCUT2D eigenvalue weighted by Gasteiger charge is -2.22. The van der Waals surface area contributed by atoms with E-state index in [4.69, 9.17) is 8.85 Å². The smallest absolute Gasteiger partial charge is 0.368 e. The summed E-state index contributed by atoms with van der Waals surface area (Å²) in [4.78, 5) is 11.5. The van der Waals surface area contributed by atoms with E-state index < -0.39 is 10.0 Å². The number of unbranched alkanes of at least 4 members (excludes halogenated alkanes) is 1. The molecule has 0 aliphatic heterocycles. The zero-order chi connectivity index (χ0) is 10.3. The third-order valence-corrected chi connectivity index (χ3v) is 2.63. The largest absolute Gasteiger partial charge is 0.499 e. The molecule has 0 spiro atoms. The first-order valence-corrected chi connectivity index (χ1v) is 5.86. The summed E-state index contributed by atoms with van der Waals surface area (Å²) < 4.78 is 9.84. The van der Waals surface area contributed by atoms with Crippen molar-refractivity contribution in [2.45, 2.75) is 40.0 Å². The van der Waals surface area contributed by atoms with E-state index in [9.17, 15) is 4.79 Å². The van der Waals surface area contributed by atoms with Crippen LogP contribution in [0.3, 0.4) is 0 Å². The lowest BCUT2D eigenvalue weighted by atomic mass is 9.88. The van der Waals surface area contributed by atoms with E-state index in [0.717, 1.165) is 19.3 Å². The molecular weight excluding hydrogens is 184 g/mol. The molecule has 0 aromatic carbocycles. The van der Waals surface area contributed by atoms with Gasteiger partial charge in [-0.2, -0.15) is 0 Å². The van der Waals surface area contributed by atoms with Crippen LogP contribution < -0.4 is 0 Å². The van der Waals surface area contributed by atoms with E-state index in [1.807, 2.05) is 13.8 Å². The fraction of sp³-hybridized carbons (Fsp3) is 0.889. The Morgan fingerprint density at radius 3 is 2.54 bits per heavy atom. The minimum Gasteiger partial charge on any atom is -0.499 e. The summed E-state index contributed by atoms with van der Waals surface area (Å²) in [7, 11) is 0.490. The third-order valence-electron chi connectivity index (χ3n) is 2.02. The molecular formula is C9H20O3Si. The highest BCUT2D eigenvalue weighted by Crippen LogP contribution is 2.24. The van der Waals surface area contributed by atoms with Crippen LogP contribution in [-0.2, 0) is 13.6 Å². The summed E-state index contributed by atoms with van der Waals surface area (Å²) in [5, 5.41) is 0. The van der Waals surface area contributed by atoms with Gasteiger partial charge in [-0.1, -0.05) is 19.8 Å². The minimum atomic E-state index is -1.08. The Bertz CT molecular complexity index is 157. The van der Waals surface area contributed by atoms with Crippen LogP contribution >= 0.6 is 0 Å². The van der Waals surface area contributed by atoms with Crippen molar-refractivity contribution in [3.8, 4) is 0 Å². The van der Waals surface area contributed by atoms with Crippen LogP contribution in [0, 0.1) is 5.41 Å². The van der Waals surface area contributed by atoms with Gasteiger partial charge in [0.1, 0.15) is 0 Å². The molecule has 0 aliphatic carbocycles. The lowest BCUT2D eigenvalue weighted by molar-refractivity contribution is -0.145. The predicted molar refractivity (Wildman–Crippen MR) is 55.0 cm³/mol. The van der Waals surface area contributed by atoms with Crippen LogP contribution in [-0.4, -0.2) is 23.1 Å². The van der Waals surface area contributed by atoms with Crippen LogP contribution in [0.1, 0.15) is 40.0 Å². The second-order valence-electron chi connectivity index (χ2n) is 3.83. The Hall–Kier alpha value is -0.353. The van der Waals surface area contributed by atoms with Gasteiger partial charge in [-0.25, -0.2) is 0 Å². The second kappa shape index (κ2) is 6.15. The molecule has 0 aromatic rings. The zero-order valence-electron chi connectivity index (χ0n) is 9.05. The van der Waals surface area contributed by atoms with Crippen molar-refractivity contribution >= 4 is 16.0 Å². The van der Waals surface area contributed by atoms with Gasteiger partial charge in [-0.15, -0.1) is 0 Å². The van der Waals surface area contributed by atoms with Crippen LogP contribution in [0.2, 0.25) is 0 Å². The van der Waals surface area contributed by atoms with E-state index in [-0.39, 0.29) is 11.4 Å². The van der Waals surface area contributed by atoms with Gasteiger partial charge in [0, 0.05) is 7.11 Å². The molecule has 0 fully saturated rings. The minimum absolute atomic E-state index is 0.116. The van der Waals surface area contributed by atoms with Crippen molar-refractivity contribution in [2.24, 2.45) is 5.41 Å². The maximum Gasteiger partial charge on any atom is 0.368 e. The molecule has 0 heterocycles. The van der Waals surface area contributed by atoms with Crippen LogP contribution in [0.15, 0.2) is 0 Å². The van der Waals surface area contributed by atoms with E-state index in [1.165, 1.54) is 0 Å². The van der Waals surface area contributed by atoms with Crippen molar-refractivity contribution < 1.29 is 13.6 Å². The van der Waals surface area contributed by atoms with Crippen molar-refractivity contribution in [3.05, 3.63) is 0 Å². The molecule has 0 rings (SSSR count).